The van der Waals surface area contributed by atoms with Crippen molar-refractivity contribution in [2.75, 3.05) is 40.0 Å². The maximum Gasteiger partial charge on any atom is 0.162 e. The Bertz CT molecular complexity index is 395. The van der Waals surface area contributed by atoms with Crippen LogP contribution in [0.15, 0.2) is 18.2 Å². The zero-order chi connectivity index (χ0) is 13.0. The highest BCUT2D eigenvalue weighted by Gasteiger charge is 2.25. The standard InChI is InChI=1S/C13H19FN2O2/c1-18-12-4-2-3-10(13(12)17)11(9-14)16-7-5-15-6-8-16/h2-4,11,15,17H,5-9H2,1H3/t11-/m0/s1. The Morgan fingerprint density at radius 2 is 2.17 bits per heavy atom. The Hall–Kier alpha value is -1.33. The predicted octanol–water partition coefficient (Wildman–Crippen LogP) is 1.32. The molecule has 1 aliphatic rings. The highest BCUT2D eigenvalue weighted by Crippen LogP contribution is 2.36. The third kappa shape index (κ3) is 2.57. The average Bonchev–Trinajstić information content (AvgIpc) is 2.43. The van der Waals surface area contributed by atoms with Crippen molar-refractivity contribution in [3.63, 3.8) is 0 Å². The largest absolute Gasteiger partial charge is 0.504 e. The number of aromatic hydroxyl groups is 1. The van der Waals surface area contributed by atoms with Crippen molar-refractivity contribution in [1.82, 2.24) is 10.2 Å². The molecule has 0 aromatic heterocycles. The summed E-state index contributed by atoms with van der Waals surface area (Å²) < 4.78 is 18.4. The van der Waals surface area contributed by atoms with E-state index < -0.39 is 12.7 Å². The molecule has 18 heavy (non-hydrogen) atoms. The fraction of sp³-hybridized carbons (Fsp3) is 0.538. The molecule has 1 aromatic carbocycles. The van der Waals surface area contributed by atoms with Gasteiger partial charge in [0.1, 0.15) is 6.67 Å². The maximum absolute atomic E-state index is 13.3. The van der Waals surface area contributed by atoms with Crippen LogP contribution in [0.2, 0.25) is 0 Å². The van der Waals surface area contributed by atoms with Gasteiger partial charge in [-0.15, -0.1) is 0 Å². The molecule has 0 amide bonds. The molecule has 0 unspecified atom stereocenters. The number of rotatable bonds is 4. The number of benzene rings is 1. The lowest BCUT2D eigenvalue weighted by Gasteiger charge is -2.34. The number of nitrogens with zero attached hydrogens (tertiary/aromatic N) is 1. The second-order valence-corrected chi connectivity index (χ2v) is 4.35. The minimum Gasteiger partial charge on any atom is -0.504 e. The summed E-state index contributed by atoms with van der Waals surface area (Å²) in [6, 6.07) is 4.80. The second kappa shape index (κ2) is 6.02. The van der Waals surface area contributed by atoms with Crippen molar-refractivity contribution < 1.29 is 14.2 Å². The van der Waals surface area contributed by atoms with Crippen LogP contribution in [0.3, 0.4) is 0 Å². The summed E-state index contributed by atoms with van der Waals surface area (Å²) >= 11 is 0. The fourth-order valence-electron chi connectivity index (χ4n) is 2.34. The Morgan fingerprint density at radius 3 is 2.78 bits per heavy atom. The van der Waals surface area contributed by atoms with E-state index in [1.165, 1.54) is 7.11 Å². The predicted molar refractivity (Wildman–Crippen MR) is 67.8 cm³/mol. The monoisotopic (exact) mass is 254 g/mol. The van der Waals surface area contributed by atoms with Gasteiger partial charge in [0, 0.05) is 31.7 Å². The summed E-state index contributed by atoms with van der Waals surface area (Å²) in [4.78, 5) is 2.05. The maximum atomic E-state index is 13.3. The molecule has 1 saturated heterocycles. The van der Waals surface area contributed by atoms with Gasteiger partial charge in [-0.3, -0.25) is 4.90 Å². The highest BCUT2D eigenvalue weighted by atomic mass is 19.1. The number of methoxy groups -OCH3 is 1. The first-order valence-corrected chi connectivity index (χ1v) is 6.14. The van der Waals surface area contributed by atoms with Crippen molar-refractivity contribution in [3.05, 3.63) is 23.8 Å². The molecule has 0 aliphatic carbocycles. The van der Waals surface area contributed by atoms with Gasteiger partial charge in [0.2, 0.25) is 0 Å². The van der Waals surface area contributed by atoms with Crippen molar-refractivity contribution in [1.29, 1.82) is 0 Å². The lowest BCUT2D eigenvalue weighted by Crippen LogP contribution is -2.45. The van der Waals surface area contributed by atoms with Gasteiger partial charge in [-0.1, -0.05) is 12.1 Å². The summed E-state index contributed by atoms with van der Waals surface area (Å²) in [5, 5.41) is 13.3. The van der Waals surface area contributed by atoms with E-state index in [4.69, 9.17) is 4.74 Å². The number of halogens is 1. The van der Waals surface area contributed by atoms with E-state index in [-0.39, 0.29) is 5.75 Å². The second-order valence-electron chi connectivity index (χ2n) is 4.35. The summed E-state index contributed by atoms with van der Waals surface area (Å²) in [6.07, 6.45) is 0. The Balaban J connectivity index is 2.26. The van der Waals surface area contributed by atoms with Crippen LogP contribution >= 0.6 is 0 Å². The Morgan fingerprint density at radius 1 is 1.44 bits per heavy atom. The molecule has 1 aliphatic heterocycles. The number of nitrogens with one attached hydrogen (secondary N) is 1. The molecule has 1 aromatic rings. The van der Waals surface area contributed by atoms with Crippen LogP contribution in [0.5, 0.6) is 11.5 Å². The first-order chi connectivity index (χ1) is 8.77. The van der Waals surface area contributed by atoms with Crippen LogP contribution in [-0.4, -0.2) is 50.0 Å². The van der Waals surface area contributed by atoms with Crippen LogP contribution in [0.25, 0.3) is 0 Å². The molecule has 0 spiro atoms. The summed E-state index contributed by atoms with van der Waals surface area (Å²) in [7, 11) is 1.49. The molecule has 2 N–H and O–H groups in total. The molecule has 100 valence electrons. The first kappa shape index (κ1) is 13.1. The van der Waals surface area contributed by atoms with E-state index in [1.54, 1.807) is 18.2 Å². The quantitative estimate of drug-likeness (QED) is 0.850. The molecular formula is C13H19FN2O2. The lowest BCUT2D eigenvalue weighted by molar-refractivity contribution is 0.145. The number of ether oxygens (including phenoxy) is 1. The smallest absolute Gasteiger partial charge is 0.162 e. The first-order valence-electron chi connectivity index (χ1n) is 6.14. The van der Waals surface area contributed by atoms with E-state index >= 15 is 0 Å². The molecule has 1 atom stereocenters. The molecule has 0 radical (unpaired) electrons. The van der Waals surface area contributed by atoms with Crippen molar-refractivity contribution >= 4 is 0 Å². The van der Waals surface area contributed by atoms with Crippen LogP contribution in [0.4, 0.5) is 4.39 Å². The van der Waals surface area contributed by atoms with Crippen LogP contribution in [0.1, 0.15) is 11.6 Å². The molecule has 2 rings (SSSR count). The van der Waals surface area contributed by atoms with E-state index in [2.05, 4.69) is 5.32 Å². The minimum atomic E-state index is -0.513. The van der Waals surface area contributed by atoms with E-state index in [0.717, 1.165) is 26.2 Å². The van der Waals surface area contributed by atoms with Gasteiger partial charge in [0.25, 0.3) is 0 Å². The zero-order valence-electron chi connectivity index (χ0n) is 10.5. The highest BCUT2D eigenvalue weighted by molar-refractivity contribution is 5.47. The molecule has 1 fully saturated rings. The van der Waals surface area contributed by atoms with Crippen molar-refractivity contribution in [2.45, 2.75) is 6.04 Å². The van der Waals surface area contributed by atoms with Crippen molar-refractivity contribution in [2.24, 2.45) is 0 Å². The van der Waals surface area contributed by atoms with Gasteiger partial charge in [0.15, 0.2) is 11.5 Å². The molecule has 4 nitrogen and oxygen atoms in total. The average molecular weight is 254 g/mol. The summed E-state index contributed by atoms with van der Waals surface area (Å²) in [5.41, 5.74) is 0.596. The van der Waals surface area contributed by atoms with Gasteiger partial charge >= 0.3 is 0 Å². The lowest BCUT2D eigenvalue weighted by atomic mass is 10.0. The number of phenolic OH excluding ortho intramolecular Hbond substituents is 1. The fourth-order valence-corrected chi connectivity index (χ4v) is 2.34. The van der Waals surface area contributed by atoms with E-state index in [0.29, 0.717) is 11.3 Å². The van der Waals surface area contributed by atoms with Crippen LogP contribution in [0, 0.1) is 0 Å². The van der Waals surface area contributed by atoms with Gasteiger partial charge in [-0.25, -0.2) is 4.39 Å². The van der Waals surface area contributed by atoms with Crippen LogP contribution in [-0.2, 0) is 0 Å². The number of phenols is 1. The number of hydrogen-bond donors (Lipinski definition) is 2. The van der Waals surface area contributed by atoms with E-state index in [1.807, 2.05) is 4.90 Å². The number of hydrogen-bond acceptors (Lipinski definition) is 4. The SMILES string of the molecule is COc1cccc([C@H](CF)N2CCNCC2)c1O. The number of para-hydroxylation sites is 1. The summed E-state index contributed by atoms with van der Waals surface area (Å²) in [6.45, 7) is 2.75. The van der Waals surface area contributed by atoms with Gasteiger partial charge in [0.05, 0.1) is 13.2 Å². The Labute approximate surface area is 106 Å². The third-order valence-corrected chi connectivity index (χ3v) is 3.35. The summed E-state index contributed by atoms with van der Waals surface area (Å²) in [5.74, 6) is 0.433. The number of alkyl halides is 1. The molecule has 1 heterocycles. The molecule has 5 heteroatoms. The van der Waals surface area contributed by atoms with Crippen molar-refractivity contribution in [3.8, 4) is 11.5 Å². The molecule has 0 bridgehead atoms. The molecular weight excluding hydrogens is 235 g/mol. The Kier molecular flexibility index (Phi) is 4.38. The topological polar surface area (TPSA) is 44.7 Å². The normalized spacial score (nSPS) is 18.6. The van der Waals surface area contributed by atoms with Gasteiger partial charge in [-0.05, 0) is 6.07 Å². The van der Waals surface area contributed by atoms with Gasteiger partial charge in [-0.2, -0.15) is 0 Å². The van der Waals surface area contributed by atoms with Gasteiger partial charge < -0.3 is 15.2 Å². The molecule has 0 saturated carbocycles. The third-order valence-electron chi connectivity index (χ3n) is 3.35. The van der Waals surface area contributed by atoms with Crippen LogP contribution < -0.4 is 10.1 Å². The minimum absolute atomic E-state index is 0.0428. The zero-order valence-corrected chi connectivity index (χ0v) is 10.5. The van der Waals surface area contributed by atoms with E-state index in [9.17, 15) is 9.50 Å². The number of piperazine rings is 1.